The topological polar surface area (TPSA) is 309 Å². The van der Waals surface area contributed by atoms with Gasteiger partial charge in [0.1, 0.15) is 30.8 Å². The Morgan fingerprint density at radius 2 is 1.37 bits per heavy atom. The van der Waals surface area contributed by atoms with E-state index in [1.54, 1.807) is 116 Å². The van der Waals surface area contributed by atoms with Gasteiger partial charge in [0.05, 0.1) is 48.8 Å². The van der Waals surface area contributed by atoms with Crippen LogP contribution in [0.25, 0.3) is 0 Å². The number of amides is 10. The van der Waals surface area contributed by atoms with Crippen LogP contribution in [-0.4, -0.2) is 169 Å². The minimum absolute atomic E-state index is 0.0812. The van der Waals surface area contributed by atoms with Crippen molar-refractivity contribution in [1.82, 2.24) is 41.3 Å². The molecule has 84 heavy (non-hydrogen) atoms. The molecular formula is C61H98N10O13. The number of nitrogens with two attached hydrogens (primary N) is 1. The van der Waals surface area contributed by atoms with Crippen molar-refractivity contribution in [2.24, 2.45) is 35.3 Å². The first-order chi connectivity index (χ1) is 39.6. The highest BCUT2D eigenvalue weighted by atomic mass is 16.6. The molecule has 1 fully saturated rings. The minimum atomic E-state index is -1.06. The van der Waals surface area contributed by atoms with Crippen molar-refractivity contribution in [3.05, 3.63) is 65.7 Å². The molecule has 2 aromatic rings. The fraction of sp³-hybridized carbons (Fsp3) is 0.656. The van der Waals surface area contributed by atoms with E-state index < -0.39 is 114 Å². The van der Waals surface area contributed by atoms with Crippen molar-refractivity contribution in [1.29, 1.82) is 0 Å². The predicted octanol–water partition coefficient (Wildman–Crippen LogP) is 5.00. The van der Waals surface area contributed by atoms with E-state index in [-0.39, 0.29) is 62.0 Å². The maximum atomic E-state index is 14.8. The van der Waals surface area contributed by atoms with Crippen LogP contribution in [0.15, 0.2) is 54.6 Å². The third-order valence-corrected chi connectivity index (χ3v) is 15.9. The molecular weight excluding hydrogens is 1080 g/mol. The van der Waals surface area contributed by atoms with E-state index >= 15 is 0 Å². The van der Waals surface area contributed by atoms with Crippen LogP contribution in [-0.2, 0) is 54.4 Å². The van der Waals surface area contributed by atoms with E-state index in [9.17, 15) is 48.3 Å². The first-order valence-electron chi connectivity index (χ1n) is 29.5. The molecule has 0 aromatic heterocycles. The van der Waals surface area contributed by atoms with Crippen LogP contribution in [0.4, 0.5) is 15.3 Å². The molecule has 0 aliphatic carbocycles. The molecule has 3 rings (SSSR count). The number of likely N-dealkylation sites (tertiary alicyclic amines) is 1. The van der Waals surface area contributed by atoms with Crippen LogP contribution in [0.5, 0.6) is 0 Å². The lowest BCUT2D eigenvalue weighted by molar-refractivity contribution is -0.148. The van der Waals surface area contributed by atoms with Gasteiger partial charge in [-0.3, -0.25) is 38.5 Å². The molecule has 2 unspecified atom stereocenters. The monoisotopic (exact) mass is 1180 g/mol. The van der Waals surface area contributed by atoms with E-state index in [1.165, 1.54) is 26.2 Å². The first kappa shape index (κ1) is 71.4. The molecule has 1 heterocycles. The van der Waals surface area contributed by atoms with E-state index in [2.05, 4.69) is 31.9 Å². The van der Waals surface area contributed by atoms with Crippen LogP contribution in [0.1, 0.15) is 138 Å². The number of carbonyl (C=O) groups is 9. The molecule has 0 radical (unpaired) electrons. The summed E-state index contributed by atoms with van der Waals surface area (Å²) in [5, 5.41) is 27.5. The van der Waals surface area contributed by atoms with Gasteiger partial charge in [0.15, 0.2) is 0 Å². The Labute approximate surface area is 497 Å². The highest BCUT2D eigenvalue weighted by Crippen LogP contribution is 2.30. The second-order valence-corrected chi connectivity index (χ2v) is 23.2. The van der Waals surface area contributed by atoms with E-state index in [0.717, 1.165) is 0 Å². The van der Waals surface area contributed by atoms with Gasteiger partial charge in [-0.25, -0.2) is 9.59 Å². The van der Waals surface area contributed by atoms with Crippen molar-refractivity contribution < 1.29 is 62.5 Å². The van der Waals surface area contributed by atoms with Gasteiger partial charge in [-0.1, -0.05) is 118 Å². The summed E-state index contributed by atoms with van der Waals surface area (Å²) in [5.74, 6) is -4.90. The fourth-order valence-electron chi connectivity index (χ4n) is 10.7. The predicted molar refractivity (Wildman–Crippen MR) is 319 cm³/mol. The fourth-order valence-corrected chi connectivity index (χ4v) is 10.7. The normalized spacial score (nSPS) is 17.2. The first-order valence-corrected chi connectivity index (χ1v) is 29.5. The summed E-state index contributed by atoms with van der Waals surface area (Å²) in [4.78, 5) is 126. The Kier molecular flexibility index (Phi) is 29.6. The molecule has 1 aliphatic heterocycles. The Hall–Kier alpha value is -6.85. The van der Waals surface area contributed by atoms with Crippen molar-refractivity contribution in [3.8, 4) is 0 Å². The highest BCUT2D eigenvalue weighted by molar-refractivity contribution is 5.98. The molecule has 2 aromatic carbocycles. The number of methoxy groups -OCH3 is 2. The minimum Gasteiger partial charge on any atom is -0.445 e. The Morgan fingerprint density at radius 1 is 0.738 bits per heavy atom. The molecule has 0 spiro atoms. The molecule has 1 aliphatic rings. The Balaban J connectivity index is 1.71. The number of aliphatic hydroxyl groups is 1. The molecule has 1 saturated heterocycles. The van der Waals surface area contributed by atoms with Crippen LogP contribution in [0, 0.1) is 29.6 Å². The number of nitrogens with zero attached hydrogens (tertiary/aromatic N) is 3. The van der Waals surface area contributed by atoms with Gasteiger partial charge in [-0.2, -0.15) is 0 Å². The van der Waals surface area contributed by atoms with E-state index in [4.69, 9.17) is 19.9 Å². The molecule has 9 N–H and O–H groups in total. The molecule has 12 atom stereocenters. The Morgan fingerprint density at radius 3 is 1.92 bits per heavy atom. The number of hydrogen-bond acceptors (Lipinski definition) is 13. The zero-order valence-corrected chi connectivity index (χ0v) is 52.2. The third-order valence-electron chi connectivity index (χ3n) is 15.9. The number of benzene rings is 2. The van der Waals surface area contributed by atoms with Gasteiger partial charge < -0.3 is 66.8 Å². The molecule has 470 valence electrons. The SMILES string of the molecule is CCC(=O)N[C@H](C(=O)NC(CCCNC(N)=O)C(=O)Nc1ccc(COC(=O)N(C)[C@H](C(=O)N[C@H](C(=O)N(C)[C@@H](C(C)CC)[C@@H](CC(=O)N2CCC[C@H]2[C@H](OC)[C@@H](C)C(=O)N[C@H](C)[C@@H](O)c2ccccc2)OC)C(C)C)C(C)C)cc1)C(C)C. The summed E-state index contributed by atoms with van der Waals surface area (Å²) in [7, 11) is 6.10. The van der Waals surface area contributed by atoms with Crippen molar-refractivity contribution >= 4 is 59.2 Å². The van der Waals surface area contributed by atoms with Gasteiger partial charge in [0.2, 0.25) is 41.4 Å². The number of urea groups is 1. The largest absolute Gasteiger partial charge is 0.445 e. The summed E-state index contributed by atoms with van der Waals surface area (Å²) < 4.78 is 17.7. The van der Waals surface area contributed by atoms with Crippen molar-refractivity contribution in [3.63, 3.8) is 0 Å². The zero-order chi connectivity index (χ0) is 63.1. The quantitative estimate of drug-likeness (QED) is 0.0437. The lowest BCUT2D eigenvalue weighted by atomic mass is 9.89. The lowest BCUT2D eigenvalue weighted by Crippen LogP contribution is -2.60. The molecule has 23 nitrogen and oxygen atoms in total. The second kappa shape index (κ2) is 34.8. The van der Waals surface area contributed by atoms with Crippen LogP contribution >= 0.6 is 0 Å². The molecule has 10 amide bonds. The summed E-state index contributed by atoms with van der Waals surface area (Å²) in [6.07, 6.45) is -0.720. The highest BCUT2D eigenvalue weighted by Gasteiger charge is 2.44. The van der Waals surface area contributed by atoms with E-state index in [0.29, 0.717) is 49.0 Å². The molecule has 0 saturated carbocycles. The van der Waals surface area contributed by atoms with Crippen molar-refractivity contribution in [2.45, 2.75) is 188 Å². The number of nitrogens with one attached hydrogen (secondary N) is 6. The zero-order valence-electron chi connectivity index (χ0n) is 52.2. The summed E-state index contributed by atoms with van der Waals surface area (Å²) >= 11 is 0. The summed E-state index contributed by atoms with van der Waals surface area (Å²) in [6, 6.07) is 9.10. The summed E-state index contributed by atoms with van der Waals surface area (Å²) in [5.41, 5.74) is 6.79. The van der Waals surface area contributed by atoms with Crippen molar-refractivity contribution in [2.75, 3.05) is 46.7 Å². The standard InChI is InChI=1S/C61H98N10O13/c1-16-38(9)52(46(82-14)33-48(73)71-32-22-26-45(71)54(83-15)39(10)55(75)64-40(11)53(74)42-23-19-18-20-24-42)69(12)59(79)50(36(5)6)68-58(78)51(37(7)8)70(13)61(81)84-34-41-27-29-43(30-28-41)65-56(76)44(25-21-31-63-60(62)80)66-57(77)49(35(3)4)67-47(72)17-2/h18-20,23-24,27-30,35-40,44-46,49-54,74H,16-17,21-22,25-26,31-34H2,1-15H3,(H,64,75)(H,65,76)(H,66,77)(H,67,72)(H,68,78)(H3,62,63,80)/t38?,39-,40-,44?,45+,46-,49+,50+,51+,52+,53-,54-/m1/s1. The number of hydrogen-bond donors (Lipinski definition) is 8. The number of rotatable bonds is 33. The van der Waals surface area contributed by atoms with Gasteiger partial charge in [0, 0.05) is 53.5 Å². The molecule has 23 heteroatoms. The number of primary amides is 1. The van der Waals surface area contributed by atoms with Gasteiger partial charge in [-0.15, -0.1) is 0 Å². The number of likely N-dealkylation sites (N-methyl/N-ethyl adjacent to an activating group) is 2. The van der Waals surface area contributed by atoms with Gasteiger partial charge in [-0.05, 0) is 79.5 Å². The lowest BCUT2D eigenvalue weighted by Gasteiger charge is -2.41. The van der Waals surface area contributed by atoms with Crippen LogP contribution in [0.3, 0.4) is 0 Å². The number of carbonyl (C=O) groups excluding carboxylic acids is 9. The van der Waals surface area contributed by atoms with Gasteiger partial charge >= 0.3 is 12.1 Å². The third kappa shape index (κ3) is 20.7. The number of ether oxygens (including phenoxy) is 3. The van der Waals surface area contributed by atoms with Gasteiger partial charge in [0.25, 0.3) is 0 Å². The van der Waals surface area contributed by atoms with Crippen LogP contribution < -0.4 is 37.6 Å². The number of anilines is 1. The van der Waals surface area contributed by atoms with E-state index in [1.807, 2.05) is 32.0 Å². The summed E-state index contributed by atoms with van der Waals surface area (Å²) in [6.45, 7) is 20.2. The smallest absolute Gasteiger partial charge is 0.410 e. The number of aliphatic hydroxyl groups excluding tert-OH is 1. The average molecular weight is 1180 g/mol. The maximum Gasteiger partial charge on any atom is 0.410 e. The maximum absolute atomic E-state index is 14.8. The van der Waals surface area contributed by atoms with Crippen LogP contribution in [0.2, 0.25) is 0 Å². The average Bonchev–Trinajstić information content (AvgIpc) is 3.96. The molecule has 0 bridgehead atoms. The Bertz CT molecular complexity index is 2460. The second-order valence-electron chi connectivity index (χ2n) is 23.2.